The van der Waals surface area contributed by atoms with Crippen LogP contribution in [0.5, 0.6) is 0 Å². The Labute approximate surface area is 260 Å². The summed E-state index contributed by atoms with van der Waals surface area (Å²) >= 11 is 0. The predicted octanol–water partition coefficient (Wildman–Crippen LogP) is 8.85. The van der Waals surface area contributed by atoms with Gasteiger partial charge in [0.2, 0.25) is 0 Å². The van der Waals surface area contributed by atoms with Crippen LogP contribution >= 0.6 is 0 Å². The molecule has 4 saturated carbocycles. The summed E-state index contributed by atoms with van der Waals surface area (Å²) < 4.78 is 6.17. The third-order valence-electron chi connectivity index (χ3n) is 15.1. The zero-order valence-corrected chi connectivity index (χ0v) is 28.1. The van der Waals surface area contributed by atoms with Crippen LogP contribution in [0.15, 0.2) is 42.0 Å². The minimum atomic E-state index is -1.25. The summed E-state index contributed by atoms with van der Waals surface area (Å²) in [4.78, 5) is 27.0. The number of hydrogen-bond donors (Lipinski definition) is 1. The summed E-state index contributed by atoms with van der Waals surface area (Å²) in [7, 11) is 0. The maximum atomic E-state index is 14.2. The Morgan fingerprint density at radius 1 is 0.860 bits per heavy atom. The van der Waals surface area contributed by atoms with E-state index in [9.17, 15) is 14.7 Å². The number of benzene rings is 1. The second-order valence-electron chi connectivity index (χ2n) is 17.6. The summed E-state index contributed by atoms with van der Waals surface area (Å²) in [6, 6.07) is 10.1. The maximum absolute atomic E-state index is 14.2. The molecule has 4 nitrogen and oxygen atoms in total. The molecule has 5 aliphatic carbocycles. The van der Waals surface area contributed by atoms with Crippen molar-refractivity contribution in [2.75, 3.05) is 0 Å². The molecule has 0 aliphatic heterocycles. The number of esters is 1. The smallest absolute Gasteiger partial charge is 0.313 e. The first-order chi connectivity index (χ1) is 20.0. The van der Waals surface area contributed by atoms with Gasteiger partial charge in [0, 0.05) is 5.41 Å². The monoisotopic (exact) mass is 588 g/mol. The summed E-state index contributed by atoms with van der Waals surface area (Å²) in [6.07, 6.45) is 12.1. The number of ketones is 1. The Morgan fingerprint density at radius 3 is 2.21 bits per heavy atom. The largest absolute Gasteiger partial charge is 0.460 e. The van der Waals surface area contributed by atoms with Gasteiger partial charge in [0.25, 0.3) is 0 Å². The predicted molar refractivity (Wildman–Crippen MR) is 171 cm³/mol. The van der Waals surface area contributed by atoms with Gasteiger partial charge >= 0.3 is 5.97 Å². The van der Waals surface area contributed by atoms with E-state index in [2.05, 4.69) is 54.5 Å². The topological polar surface area (TPSA) is 63.6 Å². The van der Waals surface area contributed by atoms with Crippen LogP contribution in [0.2, 0.25) is 0 Å². The first-order valence-corrected chi connectivity index (χ1v) is 17.1. The fraction of sp³-hybridized carbons (Fsp3) is 0.744. The molecule has 4 fully saturated rings. The maximum Gasteiger partial charge on any atom is 0.313 e. The van der Waals surface area contributed by atoms with Gasteiger partial charge in [0.1, 0.15) is 12.2 Å². The van der Waals surface area contributed by atoms with Gasteiger partial charge in [-0.1, -0.05) is 90.4 Å². The molecule has 1 aromatic rings. The Bertz CT molecular complexity index is 1330. The van der Waals surface area contributed by atoms with Crippen molar-refractivity contribution in [2.45, 2.75) is 132 Å². The first kappa shape index (κ1) is 31.1. The lowest BCUT2D eigenvalue weighted by Crippen LogP contribution is -2.68. The van der Waals surface area contributed by atoms with Crippen molar-refractivity contribution in [1.82, 2.24) is 0 Å². The van der Waals surface area contributed by atoms with E-state index in [1.807, 2.05) is 30.3 Å². The number of fused-ring (bicyclic) bond motifs is 7. The third kappa shape index (κ3) is 4.16. The van der Waals surface area contributed by atoms with E-state index in [0.717, 1.165) is 63.4 Å². The second-order valence-corrected chi connectivity index (χ2v) is 17.6. The van der Waals surface area contributed by atoms with Crippen LogP contribution in [0.1, 0.15) is 125 Å². The van der Waals surface area contributed by atoms with Gasteiger partial charge in [-0.15, -0.1) is 0 Å². The molecule has 0 radical (unpaired) electrons. The van der Waals surface area contributed by atoms with Crippen LogP contribution in [0.4, 0.5) is 0 Å². The van der Waals surface area contributed by atoms with E-state index in [0.29, 0.717) is 24.9 Å². The molecule has 5 aliphatic rings. The summed E-state index contributed by atoms with van der Waals surface area (Å²) in [5.74, 6) is 0.932. The van der Waals surface area contributed by atoms with E-state index in [-0.39, 0.29) is 39.3 Å². The quantitative estimate of drug-likeness (QED) is 0.282. The molecule has 4 heteroatoms. The number of allylic oxidation sites excluding steroid dienone is 2. The molecule has 236 valence electrons. The minimum absolute atomic E-state index is 0.0142. The molecule has 8 atom stereocenters. The molecule has 0 heterocycles. The third-order valence-corrected chi connectivity index (χ3v) is 15.1. The Morgan fingerprint density at radius 2 is 1.53 bits per heavy atom. The lowest BCUT2D eigenvalue weighted by atomic mass is 9.32. The summed E-state index contributed by atoms with van der Waals surface area (Å²) in [5.41, 5.74) is 0.805. The van der Waals surface area contributed by atoms with Gasteiger partial charge in [-0.3, -0.25) is 9.59 Å². The van der Waals surface area contributed by atoms with Crippen LogP contribution < -0.4 is 0 Å². The lowest BCUT2D eigenvalue weighted by Gasteiger charge is -2.72. The Balaban J connectivity index is 1.36. The Kier molecular flexibility index (Phi) is 7.06. The van der Waals surface area contributed by atoms with Crippen molar-refractivity contribution in [3.8, 4) is 0 Å². The zero-order valence-electron chi connectivity index (χ0n) is 28.1. The molecule has 0 spiro atoms. The molecule has 0 saturated heterocycles. The number of carbonyl (C=O) groups is 2. The zero-order chi connectivity index (χ0) is 31.3. The molecular weight excluding hydrogens is 532 g/mol. The SMILES string of the molecule is CC(=O)[C@]1(O)CC[C@]2(C)[C@H]3CC=C4[C@@H]5CC(C)(C)CC[C@]5(C(=O)OCc5ccccc5)CC[C@@]4(C)[C@]3(C)CC[C@H]2C1(C)C. The van der Waals surface area contributed by atoms with Gasteiger partial charge < -0.3 is 9.84 Å². The number of carbonyl (C=O) groups excluding carboxylic acids is 2. The number of hydrogen-bond acceptors (Lipinski definition) is 4. The highest BCUT2D eigenvalue weighted by molar-refractivity contribution is 5.86. The number of ether oxygens (including phenoxy) is 1. The van der Waals surface area contributed by atoms with Gasteiger partial charge in [-0.2, -0.15) is 0 Å². The average Bonchev–Trinajstić information content (AvgIpc) is 2.94. The molecule has 0 unspecified atom stereocenters. The van der Waals surface area contributed by atoms with Crippen molar-refractivity contribution in [2.24, 2.45) is 50.2 Å². The van der Waals surface area contributed by atoms with E-state index < -0.39 is 16.4 Å². The molecule has 0 amide bonds. The number of aliphatic hydroxyl groups is 1. The van der Waals surface area contributed by atoms with Crippen LogP contribution in [0.25, 0.3) is 0 Å². The first-order valence-electron chi connectivity index (χ1n) is 17.1. The minimum Gasteiger partial charge on any atom is -0.460 e. The second kappa shape index (κ2) is 9.78. The average molecular weight is 589 g/mol. The number of Topliss-reactive ketones (excluding diaryl/α,β-unsaturated/α-hetero) is 1. The highest BCUT2D eigenvalue weighted by atomic mass is 16.5. The van der Waals surface area contributed by atoms with E-state index in [1.54, 1.807) is 12.5 Å². The van der Waals surface area contributed by atoms with Gasteiger partial charge in [0.15, 0.2) is 5.78 Å². The van der Waals surface area contributed by atoms with Gasteiger partial charge in [0.05, 0.1) is 5.41 Å². The molecule has 6 rings (SSSR count). The summed E-state index contributed by atoms with van der Waals surface area (Å²) in [6.45, 7) is 18.6. The number of rotatable bonds is 4. The van der Waals surface area contributed by atoms with Crippen LogP contribution in [-0.2, 0) is 20.9 Å². The van der Waals surface area contributed by atoms with Crippen molar-refractivity contribution in [1.29, 1.82) is 0 Å². The van der Waals surface area contributed by atoms with Crippen molar-refractivity contribution in [3.05, 3.63) is 47.5 Å². The standard InChI is InChI=1S/C39H56O4/c1-26(40)39(42)23-19-35(6)30(34(39,4)5)16-17-37(8)31(35)15-14-28-29-24-33(2,3)18-21-38(29,22-20-36(28,37)7)32(41)43-25-27-12-10-9-11-13-27/h9-14,29-31,42H,15-25H2,1-8H3/t29-,30-,31+,35-,36+,37+,38-,39+/m0/s1. The van der Waals surface area contributed by atoms with Crippen molar-refractivity contribution < 1.29 is 19.4 Å². The van der Waals surface area contributed by atoms with Crippen LogP contribution in [-0.4, -0.2) is 22.5 Å². The molecular formula is C39H56O4. The molecule has 1 aromatic carbocycles. The fourth-order valence-electron chi connectivity index (χ4n) is 12.1. The van der Waals surface area contributed by atoms with Crippen LogP contribution in [0.3, 0.4) is 0 Å². The molecule has 43 heavy (non-hydrogen) atoms. The lowest BCUT2D eigenvalue weighted by molar-refractivity contribution is -0.231. The molecule has 1 N–H and O–H groups in total. The van der Waals surface area contributed by atoms with Gasteiger partial charge in [-0.25, -0.2) is 0 Å². The normalized spacial score (nSPS) is 44.5. The Hall–Kier alpha value is -1.94. The van der Waals surface area contributed by atoms with E-state index >= 15 is 0 Å². The molecule has 0 bridgehead atoms. The fourth-order valence-corrected chi connectivity index (χ4v) is 12.1. The highest BCUT2D eigenvalue weighted by Gasteiger charge is 2.71. The van der Waals surface area contributed by atoms with E-state index in [4.69, 9.17) is 4.74 Å². The molecule has 0 aromatic heterocycles. The van der Waals surface area contributed by atoms with Gasteiger partial charge in [-0.05, 0) is 116 Å². The van der Waals surface area contributed by atoms with E-state index in [1.165, 1.54) is 0 Å². The van der Waals surface area contributed by atoms with Crippen molar-refractivity contribution >= 4 is 11.8 Å². The summed E-state index contributed by atoms with van der Waals surface area (Å²) in [5, 5.41) is 11.7. The van der Waals surface area contributed by atoms with Crippen LogP contribution in [0, 0.1) is 50.2 Å². The highest BCUT2D eigenvalue weighted by Crippen LogP contribution is 2.76. The van der Waals surface area contributed by atoms with Crippen molar-refractivity contribution in [3.63, 3.8) is 0 Å².